The van der Waals surface area contributed by atoms with E-state index < -0.39 is 5.97 Å². The van der Waals surface area contributed by atoms with Crippen LogP contribution in [0, 0.1) is 5.92 Å². The molecule has 0 unspecified atom stereocenters. The van der Waals surface area contributed by atoms with E-state index in [4.69, 9.17) is 14.2 Å². The lowest BCUT2D eigenvalue weighted by atomic mass is 9.83. The zero-order chi connectivity index (χ0) is 22.2. The Kier molecular flexibility index (Phi) is 8.02. The van der Waals surface area contributed by atoms with Crippen LogP contribution in [0.2, 0.25) is 0 Å². The van der Waals surface area contributed by atoms with E-state index in [0.717, 1.165) is 44.0 Å². The standard InChI is InChI=1S/C25H35N3O4/c1-2-30-25(29)23-24(27-28-26-23)32-22-14-10-20(11-15-22)19-8-12-21(13-9-19)31-17-16-18-6-4-3-5-7-18/h8-9,12-13,18,20,22H,2-7,10-11,14-17H2,1H3,(H,26,27,28)/t20-,22-. The topological polar surface area (TPSA) is 86.3 Å². The van der Waals surface area contributed by atoms with Crippen LogP contribution in [-0.4, -0.2) is 40.7 Å². The largest absolute Gasteiger partial charge is 0.494 e. The van der Waals surface area contributed by atoms with Crippen molar-refractivity contribution >= 4 is 5.97 Å². The van der Waals surface area contributed by atoms with E-state index in [1.165, 1.54) is 44.1 Å². The van der Waals surface area contributed by atoms with Gasteiger partial charge in [0.2, 0.25) is 5.69 Å². The summed E-state index contributed by atoms with van der Waals surface area (Å²) in [6.07, 6.45) is 12.0. The Bertz CT molecular complexity index is 837. The zero-order valence-electron chi connectivity index (χ0n) is 19.1. The number of hydrogen-bond acceptors (Lipinski definition) is 6. The van der Waals surface area contributed by atoms with E-state index in [9.17, 15) is 4.79 Å². The van der Waals surface area contributed by atoms with Crippen LogP contribution in [-0.2, 0) is 4.74 Å². The molecule has 1 aromatic heterocycles. The molecule has 2 saturated carbocycles. The number of esters is 1. The molecule has 2 aliphatic carbocycles. The predicted octanol–water partition coefficient (Wildman–Crippen LogP) is 5.44. The first-order chi connectivity index (χ1) is 15.7. The first-order valence-corrected chi connectivity index (χ1v) is 12.2. The third-order valence-electron chi connectivity index (χ3n) is 6.82. The number of carbonyl (C=O) groups excluding carboxylic acids is 1. The average molecular weight is 442 g/mol. The van der Waals surface area contributed by atoms with Crippen LogP contribution in [0.4, 0.5) is 0 Å². The maximum Gasteiger partial charge on any atom is 0.362 e. The van der Waals surface area contributed by atoms with Crippen LogP contribution in [0.5, 0.6) is 11.6 Å². The fourth-order valence-corrected chi connectivity index (χ4v) is 4.96. The molecule has 7 heteroatoms. The van der Waals surface area contributed by atoms with Crippen LogP contribution >= 0.6 is 0 Å². The van der Waals surface area contributed by atoms with Gasteiger partial charge in [-0.15, -0.1) is 0 Å². The van der Waals surface area contributed by atoms with Crippen molar-refractivity contribution in [3.05, 3.63) is 35.5 Å². The van der Waals surface area contributed by atoms with Crippen molar-refractivity contribution < 1.29 is 19.0 Å². The van der Waals surface area contributed by atoms with Gasteiger partial charge in [0.1, 0.15) is 11.9 Å². The zero-order valence-corrected chi connectivity index (χ0v) is 19.1. The van der Waals surface area contributed by atoms with Gasteiger partial charge in [0.25, 0.3) is 5.88 Å². The van der Waals surface area contributed by atoms with E-state index in [2.05, 4.69) is 39.7 Å². The second-order valence-electron chi connectivity index (χ2n) is 9.01. The number of benzene rings is 1. The van der Waals surface area contributed by atoms with Gasteiger partial charge in [-0.2, -0.15) is 0 Å². The molecule has 1 N–H and O–H groups in total. The molecule has 2 fully saturated rings. The molecule has 7 nitrogen and oxygen atoms in total. The first kappa shape index (κ1) is 22.6. The summed E-state index contributed by atoms with van der Waals surface area (Å²) in [6, 6.07) is 8.64. The average Bonchev–Trinajstić information content (AvgIpc) is 3.29. The third-order valence-corrected chi connectivity index (χ3v) is 6.82. The van der Waals surface area contributed by atoms with Gasteiger partial charge in [-0.3, -0.25) is 0 Å². The lowest BCUT2D eigenvalue weighted by molar-refractivity contribution is 0.0508. The molecule has 1 aromatic carbocycles. The van der Waals surface area contributed by atoms with Crippen molar-refractivity contribution in [2.45, 2.75) is 83.2 Å². The Morgan fingerprint density at radius 3 is 2.50 bits per heavy atom. The van der Waals surface area contributed by atoms with E-state index in [-0.39, 0.29) is 17.7 Å². The molecule has 32 heavy (non-hydrogen) atoms. The van der Waals surface area contributed by atoms with Crippen LogP contribution in [0.15, 0.2) is 24.3 Å². The van der Waals surface area contributed by atoms with Gasteiger partial charge in [-0.05, 0) is 68.6 Å². The number of ether oxygens (including phenoxy) is 3. The van der Waals surface area contributed by atoms with Crippen LogP contribution in [0.1, 0.15) is 93.1 Å². The summed E-state index contributed by atoms with van der Waals surface area (Å²) < 4.78 is 17.0. The van der Waals surface area contributed by atoms with Crippen molar-refractivity contribution in [2.24, 2.45) is 5.92 Å². The van der Waals surface area contributed by atoms with Crippen LogP contribution in [0.25, 0.3) is 0 Å². The summed E-state index contributed by atoms with van der Waals surface area (Å²) in [6.45, 7) is 2.88. The van der Waals surface area contributed by atoms with Crippen LogP contribution < -0.4 is 9.47 Å². The number of aromatic nitrogens is 3. The van der Waals surface area contributed by atoms with E-state index >= 15 is 0 Å². The summed E-state index contributed by atoms with van der Waals surface area (Å²) in [5.41, 5.74) is 1.55. The third kappa shape index (κ3) is 6.02. The van der Waals surface area contributed by atoms with Crippen LogP contribution in [0.3, 0.4) is 0 Å². The molecule has 2 aliphatic rings. The van der Waals surface area contributed by atoms with Crippen molar-refractivity contribution in [3.63, 3.8) is 0 Å². The molecule has 0 amide bonds. The van der Waals surface area contributed by atoms with E-state index in [1.807, 2.05) is 0 Å². The molecule has 0 aliphatic heterocycles. The minimum atomic E-state index is -0.484. The number of carbonyl (C=O) groups is 1. The quantitative estimate of drug-likeness (QED) is 0.522. The smallest absolute Gasteiger partial charge is 0.362 e. The van der Waals surface area contributed by atoms with Gasteiger partial charge in [0.05, 0.1) is 13.2 Å². The summed E-state index contributed by atoms with van der Waals surface area (Å²) >= 11 is 0. The summed E-state index contributed by atoms with van der Waals surface area (Å²) in [7, 11) is 0. The fourth-order valence-electron chi connectivity index (χ4n) is 4.96. The van der Waals surface area contributed by atoms with Gasteiger partial charge >= 0.3 is 5.97 Å². The number of nitrogens with zero attached hydrogens (tertiary/aromatic N) is 2. The first-order valence-electron chi connectivity index (χ1n) is 12.2. The molecule has 0 radical (unpaired) electrons. The number of nitrogens with one attached hydrogen (secondary N) is 1. The number of hydrogen-bond donors (Lipinski definition) is 1. The van der Waals surface area contributed by atoms with Crippen molar-refractivity contribution in [2.75, 3.05) is 13.2 Å². The minimum Gasteiger partial charge on any atom is -0.494 e. The van der Waals surface area contributed by atoms with E-state index in [0.29, 0.717) is 12.5 Å². The molecular weight excluding hydrogens is 406 g/mol. The molecule has 4 rings (SSSR count). The predicted molar refractivity (Wildman–Crippen MR) is 121 cm³/mol. The molecular formula is C25H35N3O4. The Morgan fingerprint density at radius 1 is 1.03 bits per heavy atom. The summed E-state index contributed by atoms with van der Waals surface area (Å²) in [5, 5.41) is 10.2. The van der Waals surface area contributed by atoms with Gasteiger partial charge < -0.3 is 14.2 Å². The number of rotatable bonds is 9. The van der Waals surface area contributed by atoms with Crippen molar-refractivity contribution in [1.29, 1.82) is 0 Å². The SMILES string of the molecule is CCOC(=O)c1[nH]nnc1O[C@H]1CC[C@H](c2ccc(OCCC3CCCCC3)cc2)CC1. The van der Waals surface area contributed by atoms with Gasteiger partial charge in [0, 0.05) is 0 Å². The molecule has 1 heterocycles. The normalized spacial score (nSPS) is 21.8. The second kappa shape index (κ2) is 11.3. The van der Waals surface area contributed by atoms with Gasteiger partial charge in [-0.25, -0.2) is 9.89 Å². The fraction of sp³-hybridized carbons (Fsp3) is 0.640. The maximum atomic E-state index is 12.0. The molecule has 0 saturated heterocycles. The van der Waals surface area contributed by atoms with Gasteiger partial charge in [-0.1, -0.05) is 54.5 Å². The summed E-state index contributed by atoms with van der Waals surface area (Å²) in [4.78, 5) is 12.0. The lowest BCUT2D eigenvalue weighted by Gasteiger charge is -2.28. The van der Waals surface area contributed by atoms with E-state index in [1.54, 1.807) is 6.92 Å². The van der Waals surface area contributed by atoms with Crippen molar-refractivity contribution in [3.8, 4) is 11.6 Å². The minimum absolute atomic E-state index is 0.0342. The highest BCUT2D eigenvalue weighted by atomic mass is 16.5. The lowest BCUT2D eigenvalue weighted by Crippen LogP contribution is -2.24. The summed E-state index contributed by atoms with van der Waals surface area (Å²) in [5.74, 6) is 2.10. The molecule has 0 spiro atoms. The Hall–Kier alpha value is -2.57. The Morgan fingerprint density at radius 2 is 1.78 bits per heavy atom. The number of H-pyrrole nitrogens is 1. The monoisotopic (exact) mass is 441 g/mol. The highest BCUT2D eigenvalue weighted by Crippen LogP contribution is 2.35. The molecule has 2 aromatic rings. The highest BCUT2D eigenvalue weighted by molar-refractivity contribution is 5.89. The Balaban J connectivity index is 1.21. The number of aromatic amines is 1. The molecule has 0 bridgehead atoms. The second-order valence-corrected chi connectivity index (χ2v) is 9.01. The van der Waals surface area contributed by atoms with Crippen molar-refractivity contribution in [1.82, 2.24) is 15.4 Å². The Labute approximate surface area is 190 Å². The maximum absolute atomic E-state index is 12.0. The molecule has 174 valence electrons. The molecule has 0 atom stereocenters. The van der Waals surface area contributed by atoms with Gasteiger partial charge in [0.15, 0.2) is 0 Å². The highest BCUT2D eigenvalue weighted by Gasteiger charge is 2.27.